The van der Waals surface area contributed by atoms with Crippen molar-refractivity contribution >= 4 is 34.7 Å². The topological polar surface area (TPSA) is 67.5 Å². The number of hydrogen-bond acceptors (Lipinski definition) is 3. The molecule has 1 N–H and O–H groups in total. The summed E-state index contributed by atoms with van der Waals surface area (Å²) in [7, 11) is 0. The van der Waals surface area contributed by atoms with Crippen molar-refractivity contribution in [3.63, 3.8) is 0 Å². The molecule has 0 fully saturated rings. The molecule has 3 heterocycles. The van der Waals surface area contributed by atoms with E-state index in [1.807, 2.05) is 18.2 Å². The number of carbonyl (C=O) groups is 1. The van der Waals surface area contributed by atoms with Gasteiger partial charge in [0.05, 0.1) is 16.2 Å². The molecule has 0 saturated carbocycles. The van der Waals surface area contributed by atoms with Crippen LogP contribution >= 0.6 is 23.2 Å². The smallest absolute Gasteiger partial charge is 0.354 e. The van der Waals surface area contributed by atoms with Crippen LogP contribution in [-0.4, -0.2) is 25.7 Å². The van der Waals surface area contributed by atoms with Crippen LogP contribution in [0.2, 0.25) is 10.0 Å². The maximum absolute atomic E-state index is 11.2. The van der Waals surface area contributed by atoms with E-state index in [1.54, 1.807) is 41.0 Å². The molecule has 0 spiro atoms. The van der Waals surface area contributed by atoms with Gasteiger partial charge in [0, 0.05) is 34.5 Å². The Bertz CT molecular complexity index is 1150. The van der Waals surface area contributed by atoms with Crippen molar-refractivity contribution in [2.75, 3.05) is 0 Å². The van der Waals surface area contributed by atoms with E-state index in [0.29, 0.717) is 22.2 Å². The second-order valence-electron chi connectivity index (χ2n) is 6.01. The van der Waals surface area contributed by atoms with Gasteiger partial charge in [-0.2, -0.15) is 5.10 Å². The summed E-state index contributed by atoms with van der Waals surface area (Å²) >= 11 is 12.1. The van der Waals surface area contributed by atoms with Crippen LogP contribution in [-0.2, 0) is 6.42 Å². The highest BCUT2D eigenvalue weighted by Crippen LogP contribution is 2.30. The average molecular weight is 398 g/mol. The molecule has 0 aliphatic heterocycles. The summed E-state index contributed by atoms with van der Waals surface area (Å²) in [5, 5.41) is 15.1. The molecule has 27 heavy (non-hydrogen) atoms. The first kappa shape index (κ1) is 17.5. The van der Waals surface area contributed by atoms with Crippen molar-refractivity contribution in [2.45, 2.75) is 6.42 Å². The Morgan fingerprint density at radius 2 is 1.74 bits per heavy atom. The predicted octanol–water partition coefficient (Wildman–Crippen LogP) is 4.99. The summed E-state index contributed by atoms with van der Waals surface area (Å²) in [5.74, 6) is -1.05. The van der Waals surface area contributed by atoms with Crippen molar-refractivity contribution in [3.8, 4) is 11.3 Å². The first-order valence-electron chi connectivity index (χ1n) is 8.13. The number of rotatable bonds is 4. The number of carboxylic acid groups (broad SMARTS) is 1. The van der Waals surface area contributed by atoms with Gasteiger partial charge in [-0.1, -0.05) is 41.4 Å². The van der Waals surface area contributed by atoms with E-state index >= 15 is 0 Å². The van der Waals surface area contributed by atoms with Gasteiger partial charge in [-0.25, -0.2) is 14.3 Å². The third-order valence-electron chi connectivity index (χ3n) is 4.20. The number of hydrogen-bond donors (Lipinski definition) is 1. The molecular formula is C20H13Cl2N3O2. The first-order chi connectivity index (χ1) is 13.0. The zero-order chi connectivity index (χ0) is 19.0. The Kier molecular flexibility index (Phi) is 4.56. The van der Waals surface area contributed by atoms with Gasteiger partial charge < -0.3 is 5.11 Å². The second-order valence-corrected chi connectivity index (χ2v) is 6.88. The van der Waals surface area contributed by atoms with Crippen LogP contribution < -0.4 is 0 Å². The van der Waals surface area contributed by atoms with Crippen molar-refractivity contribution in [1.82, 2.24) is 14.6 Å². The Balaban J connectivity index is 1.87. The number of aromatic carboxylic acids is 1. The molecule has 4 rings (SSSR count). The van der Waals surface area contributed by atoms with Gasteiger partial charge in [0.2, 0.25) is 0 Å². The highest BCUT2D eigenvalue weighted by molar-refractivity contribution is 6.30. The third-order valence-corrected chi connectivity index (χ3v) is 4.67. The van der Waals surface area contributed by atoms with Crippen LogP contribution in [0, 0.1) is 0 Å². The zero-order valence-electron chi connectivity index (χ0n) is 13.9. The van der Waals surface area contributed by atoms with Crippen LogP contribution in [0.15, 0.2) is 60.8 Å². The summed E-state index contributed by atoms with van der Waals surface area (Å²) in [4.78, 5) is 15.5. The third kappa shape index (κ3) is 3.52. The van der Waals surface area contributed by atoms with Crippen molar-refractivity contribution < 1.29 is 9.90 Å². The summed E-state index contributed by atoms with van der Waals surface area (Å²) in [6.45, 7) is 0. The predicted molar refractivity (Wildman–Crippen MR) is 105 cm³/mol. The molecule has 0 amide bonds. The number of nitrogens with zero attached hydrogens (tertiary/aromatic N) is 3. The normalized spacial score (nSPS) is 11.0. The molecule has 3 aromatic heterocycles. The lowest BCUT2D eigenvalue weighted by atomic mass is 10.0. The van der Waals surface area contributed by atoms with Crippen LogP contribution in [0.25, 0.3) is 16.8 Å². The van der Waals surface area contributed by atoms with E-state index in [9.17, 15) is 9.90 Å². The Morgan fingerprint density at radius 1 is 1.00 bits per heavy atom. The quantitative estimate of drug-likeness (QED) is 0.526. The fourth-order valence-electron chi connectivity index (χ4n) is 2.97. The second kappa shape index (κ2) is 7.02. The number of halogens is 2. The Hall–Kier alpha value is -2.89. The number of aromatic nitrogens is 3. The van der Waals surface area contributed by atoms with Gasteiger partial charge in [-0.15, -0.1) is 0 Å². The van der Waals surface area contributed by atoms with Crippen LogP contribution in [0.4, 0.5) is 0 Å². The lowest BCUT2D eigenvalue weighted by molar-refractivity contribution is 0.0690. The van der Waals surface area contributed by atoms with Gasteiger partial charge in [0.15, 0.2) is 0 Å². The Labute approximate surface area is 164 Å². The monoisotopic (exact) mass is 397 g/mol. The van der Waals surface area contributed by atoms with Crippen molar-refractivity contribution in [1.29, 1.82) is 0 Å². The van der Waals surface area contributed by atoms with Crippen LogP contribution in [0.5, 0.6) is 0 Å². The molecule has 0 aliphatic rings. The number of carboxylic acids is 1. The fraction of sp³-hybridized carbons (Fsp3) is 0.0500. The fourth-order valence-corrected chi connectivity index (χ4v) is 3.25. The van der Waals surface area contributed by atoms with Crippen LogP contribution in [0.1, 0.15) is 21.7 Å². The maximum atomic E-state index is 11.2. The minimum absolute atomic E-state index is 0.0139. The molecule has 0 bridgehead atoms. The number of benzene rings is 1. The average Bonchev–Trinajstić information content (AvgIpc) is 3.00. The van der Waals surface area contributed by atoms with Gasteiger partial charge in [0.1, 0.15) is 5.69 Å². The number of pyridine rings is 2. The van der Waals surface area contributed by atoms with E-state index < -0.39 is 5.97 Å². The Morgan fingerprint density at radius 3 is 2.48 bits per heavy atom. The summed E-state index contributed by atoms with van der Waals surface area (Å²) in [6, 6.07) is 16.1. The van der Waals surface area contributed by atoms with Gasteiger partial charge >= 0.3 is 5.97 Å². The lowest BCUT2D eigenvalue weighted by Gasteiger charge is -2.05. The van der Waals surface area contributed by atoms with Gasteiger partial charge in [-0.3, -0.25) is 0 Å². The summed E-state index contributed by atoms with van der Waals surface area (Å²) in [6.07, 6.45) is 2.17. The van der Waals surface area contributed by atoms with E-state index in [1.165, 1.54) is 6.07 Å². The standard InChI is InChI=1S/C20H13Cl2N3O2/c21-13-6-4-12(5-7-13)19-16(18-9-8-14(22)11-25(18)24-19)10-15-2-1-3-17(23-15)20(26)27/h1-9,11H,10H2,(H,26,27). The molecule has 4 aromatic rings. The van der Waals surface area contributed by atoms with E-state index in [0.717, 1.165) is 22.3 Å². The molecule has 0 radical (unpaired) electrons. The summed E-state index contributed by atoms with van der Waals surface area (Å²) in [5.41, 5.74) is 4.16. The van der Waals surface area contributed by atoms with E-state index in [4.69, 9.17) is 23.2 Å². The molecule has 0 aliphatic carbocycles. The van der Waals surface area contributed by atoms with Crippen LogP contribution in [0.3, 0.4) is 0 Å². The molecule has 5 nitrogen and oxygen atoms in total. The minimum Gasteiger partial charge on any atom is -0.477 e. The largest absolute Gasteiger partial charge is 0.477 e. The minimum atomic E-state index is -1.05. The van der Waals surface area contributed by atoms with Crippen molar-refractivity contribution in [2.24, 2.45) is 0 Å². The maximum Gasteiger partial charge on any atom is 0.354 e. The highest BCUT2D eigenvalue weighted by Gasteiger charge is 2.16. The molecule has 1 aromatic carbocycles. The number of fused-ring (bicyclic) bond motifs is 1. The zero-order valence-corrected chi connectivity index (χ0v) is 15.4. The molecule has 7 heteroatoms. The molecule has 0 saturated heterocycles. The highest BCUT2D eigenvalue weighted by atomic mass is 35.5. The van der Waals surface area contributed by atoms with Gasteiger partial charge in [-0.05, 0) is 36.4 Å². The molecule has 0 atom stereocenters. The summed E-state index contributed by atoms with van der Waals surface area (Å²) < 4.78 is 1.72. The molecule has 0 unspecified atom stereocenters. The molecule has 134 valence electrons. The first-order valence-corrected chi connectivity index (χ1v) is 8.89. The van der Waals surface area contributed by atoms with E-state index in [2.05, 4.69) is 10.1 Å². The molecular weight excluding hydrogens is 385 g/mol. The van der Waals surface area contributed by atoms with Gasteiger partial charge in [0.25, 0.3) is 0 Å². The SMILES string of the molecule is O=C(O)c1cccc(Cc2c(-c3ccc(Cl)cc3)nn3cc(Cl)ccc23)n1. The van der Waals surface area contributed by atoms with E-state index in [-0.39, 0.29) is 5.69 Å². The van der Waals surface area contributed by atoms with Crippen molar-refractivity contribution in [3.05, 3.63) is 87.8 Å². The lowest BCUT2D eigenvalue weighted by Crippen LogP contribution is -2.03.